The Morgan fingerprint density at radius 3 is 0.957 bits per heavy atom. The lowest BCUT2D eigenvalue weighted by molar-refractivity contribution is -0.166. The van der Waals surface area contributed by atoms with Crippen molar-refractivity contribution in [3.05, 3.63) is 158 Å². The number of carbonyl (C=O) groups excluding carboxylic acids is 3. The summed E-state index contributed by atoms with van der Waals surface area (Å²) in [6.45, 7) is 6.29. The number of esters is 3. The van der Waals surface area contributed by atoms with Gasteiger partial charge in [0.1, 0.15) is 13.2 Å². The highest BCUT2D eigenvalue weighted by Gasteiger charge is 2.19. The molecule has 0 spiro atoms. The Bertz CT molecular complexity index is 1610. The zero-order valence-corrected chi connectivity index (χ0v) is 43.8. The maximum absolute atomic E-state index is 12.8. The van der Waals surface area contributed by atoms with Gasteiger partial charge in [-0.25, -0.2) is 0 Å². The van der Waals surface area contributed by atoms with E-state index < -0.39 is 6.10 Å². The van der Waals surface area contributed by atoms with E-state index in [4.69, 9.17) is 14.2 Å². The van der Waals surface area contributed by atoms with Crippen molar-refractivity contribution >= 4 is 17.9 Å². The van der Waals surface area contributed by atoms with Crippen LogP contribution in [-0.2, 0) is 28.6 Å². The molecule has 0 heterocycles. The molecule has 0 fully saturated rings. The van der Waals surface area contributed by atoms with Crippen LogP contribution >= 0.6 is 0 Å². The minimum absolute atomic E-state index is 0.153. The summed E-state index contributed by atoms with van der Waals surface area (Å²) in [5.74, 6) is -1.14. The fourth-order valence-electron chi connectivity index (χ4n) is 6.46. The Kier molecular flexibility index (Phi) is 51.6. The van der Waals surface area contributed by atoms with Crippen molar-refractivity contribution in [2.75, 3.05) is 13.2 Å². The number of unbranched alkanes of at least 4 members (excludes halogenated alkanes) is 9. The first-order valence-corrected chi connectivity index (χ1v) is 27.0. The van der Waals surface area contributed by atoms with Crippen LogP contribution in [0.2, 0.25) is 0 Å². The molecular formula is C63H96O6. The molecule has 6 nitrogen and oxygen atoms in total. The van der Waals surface area contributed by atoms with Gasteiger partial charge in [-0.15, -0.1) is 0 Å². The van der Waals surface area contributed by atoms with E-state index in [2.05, 4.69) is 167 Å². The second-order valence-electron chi connectivity index (χ2n) is 17.0. The van der Waals surface area contributed by atoms with E-state index in [9.17, 15) is 14.4 Å². The molecule has 69 heavy (non-hydrogen) atoms. The maximum Gasteiger partial charge on any atom is 0.306 e. The normalized spacial score (nSPS) is 13.4. The molecule has 0 saturated heterocycles. The molecule has 0 aromatic heterocycles. The molecule has 0 unspecified atom stereocenters. The summed E-state index contributed by atoms with van der Waals surface area (Å²) in [4.78, 5) is 38.0. The molecule has 0 aromatic carbocycles. The summed E-state index contributed by atoms with van der Waals surface area (Å²) < 4.78 is 16.7. The van der Waals surface area contributed by atoms with E-state index in [1.165, 1.54) is 44.9 Å². The molecule has 0 rings (SSSR count). The summed E-state index contributed by atoms with van der Waals surface area (Å²) in [5.41, 5.74) is 0. The zero-order chi connectivity index (χ0) is 50.0. The topological polar surface area (TPSA) is 78.9 Å². The van der Waals surface area contributed by atoms with Crippen LogP contribution in [0.1, 0.15) is 201 Å². The van der Waals surface area contributed by atoms with Crippen LogP contribution in [0.5, 0.6) is 0 Å². The monoisotopic (exact) mass is 949 g/mol. The number of carbonyl (C=O) groups is 3. The van der Waals surface area contributed by atoms with Crippen molar-refractivity contribution < 1.29 is 28.6 Å². The summed E-state index contributed by atoms with van der Waals surface area (Å²) >= 11 is 0. The van der Waals surface area contributed by atoms with Gasteiger partial charge in [0.25, 0.3) is 0 Å². The second-order valence-corrected chi connectivity index (χ2v) is 17.0. The van der Waals surface area contributed by atoms with Gasteiger partial charge < -0.3 is 14.2 Å². The van der Waals surface area contributed by atoms with Crippen LogP contribution in [0.3, 0.4) is 0 Å². The van der Waals surface area contributed by atoms with E-state index in [1.54, 1.807) is 0 Å². The van der Waals surface area contributed by atoms with Crippen molar-refractivity contribution in [3.63, 3.8) is 0 Å². The first-order valence-electron chi connectivity index (χ1n) is 27.0. The summed E-state index contributed by atoms with van der Waals surface area (Å²) in [7, 11) is 0. The molecule has 0 N–H and O–H groups in total. The lowest BCUT2D eigenvalue weighted by Crippen LogP contribution is -2.30. The summed E-state index contributed by atoms with van der Waals surface area (Å²) in [6.07, 6.45) is 81.0. The minimum Gasteiger partial charge on any atom is -0.462 e. The standard InChI is InChI=1S/C63H96O6/c1-4-7-10-13-16-19-22-25-28-30-31-33-36-38-41-44-47-50-53-56-62(65)68-59-60(69-63(66)57-54-51-48-45-42-39-34-27-24-21-18-15-12-9-6-3)58-67-61(64)55-52-49-46-43-40-37-35-32-29-26-23-20-17-14-11-8-5-2/h7,10,16-21,25-29,31,33-35,37-38,41-43,45-47,50,60H,4-6,8-9,11-15,22-24,30,32,36,39-40,44,48-49,51-59H2,1-3H3/b10-7-,19-16-,20-17-,21-18-,28-25-,29-26-,33-31-,34-27-,37-35-,41-38-,45-42-,46-43-,50-47-/t60-/m0/s1. The molecular weight excluding hydrogens is 853 g/mol. The van der Waals surface area contributed by atoms with Crippen molar-refractivity contribution in [2.24, 2.45) is 0 Å². The SMILES string of the molecule is CC/C=C\C/C=C\C/C=C\C/C=C\C/C=C\C/C=C\CCC(=O)OC[C@H](COC(=O)CCC/C=C\C/C=C\C/C=C\C/C=C\CCCCC)OC(=O)CCCC/C=C\C/C=C\C/C=C\CCCCC. The first-order chi connectivity index (χ1) is 34.0. The molecule has 0 aliphatic carbocycles. The van der Waals surface area contributed by atoms with E-state index in [1.807, 2.05) is 12.2 Å². The molecule has 0 aliphatic rings. The van der Waals surface area contributed by atoms with E-state index >= 15 is 0 Å². The molecule has 0 bridgehead atoms. The van der Waals surface area contributed by atoms with Gasteiger partial charge in [-0.2, -0.15) is 0 Å². The minimum atomic E-state index is -0.859. The molecule has 0 saturated carbocycles. The van der Waals surface area contributed by atoms with Gasteiger partial charge in [-0.05, 0) is 135 Å². The van der Waals surface area contributed by atoms with Gasteiger partial charge in [0, 0.05) is 19.3 Å². The predicted octanol–water partition coefficient (Wildman–Crippen LogP) is 18.2. The molecule has 0 aliphatic heterocycles. The summed E-state index contributed by atoms with van der Waals surface area (Å²) in [5, 5.41) is 0. The highest BCUT2D eigenvalue weighted by atomic mass is 16.6. The third-order valence-electron chi connectivity index (χ3n) is 10.5. The number of hydrogen-bond donors (Lipinski definition) is 0. The highest BCUT2D eigenvalue weighted by molar-refractivity contribution is 5.71. The zero-order valence-electron chi connectivity index (χ0n) is 43.8. The van der Waals surface area contributed by atoms with Gasteiger partial charge in [0.15, 0.2) is 6.10 Å². The number of rotatable bonds is 46. The smallest absolute Gasteiger partial charge is 0.306 e. The Hall–Kier alpha value is -4.97. The molecule has 6 heteroatoms. The Labute approximate surface area is 422 Å². The second kappa shape index (κ2) is 55.6. The molecule has 1 atom stereocenters. The molecule has 0 radical (unpaired) electrons. The maximum atomic E-state index is 12.8. The molecule has 0 aromatic rings. The van der Waals surface area contributed by atoms with Crippen LogP contribution < -0.4 is 0 Å². The number of hydrogen-bond acceptors (Lipinski definition) is 6. The summed E-state index contributed by atoms with van der Waals surface area (Å²) in [6, 6.07) is 0. The third kappa shape index (κ3) is 53.8. The van der Waals surface area contributed by atoms with Crippen molar-refractivity contribution in [1.82, 2.24) is 0 Å². The fourth-order valence-corrected chi connectivity index (χ4v) is 6.46. The van der Waals surface area contributed by atoms with Gasteiger partial charge in [0.05, 0.1) is 0 Å². The van der Waals surface area contributed by atoms with Crippen LogP contribution in [0.25, 0.3) is 0 Å². The Morgan fingerprint density at radius 1 is 0.304 bits per heavy atom. The average molecular weight is 949 g/mol. The van der Waals surface area contributed by atoms with Crippen molar-refractivity contribution in [3.8, 4) is 0 Å². The fraction of sp³-hybridized carbons (Fsp3) is 0.540. The van der Waals surface area contributed by atoms with Crippen LogP contribution in [0.15, 0.2) is 158 Å². The van der Waals surface area contributed by atoms with Crippen LogP contribution in [-0.4, -0.2) is 37.2 Å². The molecule has 384 valence electrons. The van der Waals surface area contributed by atoms with Gasteiger partial charge >= 0.3 is 17.9 Å². The predicted molar refractivity (Wildman–Crippen MR) is 297 cm³/mol. The van der Waals surface area contributed by atoms with E-state index in [-0.39, 0.29) is 50.4 Å². The Morgan fingerprint density at radius 2 is 0.594 bits per heavy atom. The van der Waals surface area contributed by atoms with Crippen LogP contribution in [0.4, 0.5) is 0 Å². The lowest BCUT2D eigenvalue weighted by atomic mass is 10.1. The van der Waals surface area contributed by atoms with Crippen LogP contribution in [0, 0.1) is 0 Å². The van der Waals surface area contributed by atoms with E-state index in [0.29, 0.717) is 19.3 Å². The third-order valence-corrected chi connectivity index (χ3v) is 10.5. The number of ether oxygens (including phenoxy) is 3. The highest BCUT2D eigenvalue weighted by Crippen LogP contribution is 2.09. The van der Waals surface area contributed by atoms with Crippen molar-refractivity contribution in [2.45, 2.75) is 207 Å². The largest absolute Gasteiger partial charge is 0.462 e. The quantitative estimate of drug-likeness (QED) is 0.0262. The van der Waals surface area contributed by atoms with Gasteiger partial charge in [-0.1, -0.05) is 204 Å². The average Bonchev–Trinajstić information content (AvgIpc) is 3.35. The Balaban J connectivity index is 4.68. The van der Waals surface area contributed by atoms with E-state index in [0.717, 1.165) is 96.3 Å². The number of allylic oxidation sites excluding steroid dienone is 26. The first kappa shape index (κ1) is 64.0. The lowest BCUT2D eigenvalue weighted by Gasteiger charge is -2.18. The van der Waals surface area contributed by atoms with Crippen molar-refractivity contribution in [1.29, 1.82) is 0 Å². The van der Waals surface area contributed by atoms with Gasteiger partial charge in [-0.3, -0.25) is 14.4 Å². The van der Waals surface area contributed by atoms with Gasteiger partial charge in [0.2, 0.25) is 0 Å². The molecule has 0 amide bonds.